The molecular weight excluding hydrogens is 280 g/mol. The summed E-state index contributed by atoms with van der Waals surface area (Å²) in [5, 5.41) is 2.94. The van der Waals surface area contributed by atoms with Gasteiger partial charge in [-0.2, -0.15) is 0 Å². The van der Waals surface area contributed by atoms with Gasteiger partial charge in [-0.3, -0.25) is 0 Å². The second-order valence-corrected chi connectivity index (χ2v) is 6.63. The van der Waals surface area contributed by atoms with Gasteiger partial charge in [-0.05, 0) is 39.3 Å². The molecule has 0 spiro atoms. The SMILES string of the molecule is CC(C)(C)OC(=O)N[C@H]1CCN(c2nccn3cccc23)C1. The molecule has 1 N–H and O–H groups in total. The van der Waals surface area contributed by atoms with Gasteiger partial charge in [0, 0.05) is 31.7 Å². The Morgan fingerprint density at radius 1 is 1.41 bits per heavy atom. The number of hydrogen-bond donors (Lipinski definition) is 1. The molecule has 6 nitrogen and oxygen atoms in total. The number of rotatable bonds is 2. The number of ether oxygens (including phenoxy) is 1. The highest BCUT2D eigenvalue weighted by Gasteiger charge is 2.27. The topological polar surface area (TPSA) is 58.9 Å². The molecule has 0 unspecified atom stereocenters. The molecule has 0 bridgehead atoms. The van der Waals surface area contributed by atoms with Gasteiger partial charge in [-0.1, -0.05) is 0 Å². The first kappa shape index (κ1) is 14.7. The van der Waals surface area contributed by atoms with E-state index in [1.54, 1.807) is 6.20 Å². The highest BCUT2D eigenvalue weighted by Crippen LogP contribution is 2.23. The van der Waals surface area contributed by atoms with Crippen LogP contribution in [0.15, 0.2) is 30.7 Å². The summed E-state index contributed by atoms with van der Waals surface area (Å²) in [6, 6.07) is 4.15. The van der Waals surface area contributed by atoms with Crippen LogP contribution >= 0.6 is 0 Å². The molecule has 0 aromatic carbocycles. The van der Waals surface area contributed by atoms with Gasteiger partial charge in [-0.25, -0.2) is 9.78 Å². The highest BCUT2D eigenvalue weighted by molar-refractivity contribution is 5.71. The van der Waals surface area contributed by atoms with Crippen molar-refractivity contribution in [1.82, 2.24) is 14.7 Å². The van der Waals surface area contributed by atoms with E-state index in [1.807, 2.05) is 39.2 Å². The number of hydrogen-bond acceptors (Lipinski definition) is 4. The van der Waals surface area contributed by atoms with Crippen LogP contribution in [0.4, 0.5) is 10.6 Å². The van der Waals surface area contributed by atoms with Gasteiger partial charge in [-0.15, -0.1) is 0 Å². The normalized spacial score (nSPS) is 18.7. The number of carbonyl (C=O) groups is 1. The van der Waals surface area contributed by atoms with Gasteiger partial charge in [0.2, 0.25) is 0 Å². The van der Waals surface area contributed by atoms with Crippen molar-refractivity contribution >= 4 is 17.4 Å². The van der Waals surface area contributed by atoms with E-state index < -0.39 is 5.60 Å². The number of fused-ring (bicyclic) bond motifs is 1. The van der Waals surface area contributed by atoms with Gasteiger partial charge in [0.25, 0.3) is 0 Å². The third-order valence-electron chi connectivity index (χ3n) is 3.64. The van der Waals surface area contributed by atoms with E-state index in [-0.39, 0.29) is 12.1 Å². The lowest BCUT2D eigenvalue weighted by molar-refractivity contribution is 0.0509. The third-order valence-corrected chi connectivity index (χ3v) is 3.64. The molecule has 1 saturated heterocycles. The first-order valence-electron chi connectivity index (χ1n) is 7.58. The van der Waals surface area contributed by atoms with Crippen molar-refractivity contribution in [2.75, 3.05) is 18.0 Å². The molecule has 0 aliphatic carbocycles. The van der Waals surface area contributed by atoms with Crippen LogP contribution in [-0.2, 0) is 4.74 Å². The fourth-order valence-corrected chi connectivity index (χ4v) is 2.74. The Bertz CT molecular complexity index is 674. The van der Waals surface area contributed by atoms with Crippen LogP contribution in [0.25, 0.3) is 5.52 Å². The second-order valence-electron chi connectivity index (χ2n) is 6.63. The molecule has 1 amide bonds. The lowest BCUT2D eigenvalue weighted by atomic mass is 10.2. The van der Waals surface area contributed by atoms with Crippen LogP contribution < -0.4 is 10.2 Å². The van der Waals surface area contributed by atoms with Crippen molar-refractivity contribution in [3.05, 3.63) is 30.7 Å². The van der Waals surface area contributed by atoms with E-state index in [1.165, 1.54) is 0 Å². The molecule has 6 heteroatoms. The summed E-state index contributed by atoms with van der Waals surface area (Å²) in [6.45, 7) is 7.22. The average molecular weight is 302 g/mol. The van der Waals surface area contributed by atoms with Crippen LogP contribution in [0, 0.1) is 0 Å². The van der Waals surface area contributed by atoms with E-state index in [0.717, 1.165) is 30.8 Å². The predicted octanol–water partition coefficient (Wildman–Crippen LogP) is 2.44. The molecule has 118 valence electrons. The molecule has 1 aliphatic heterocycles. The minimum absolute atomic E-state index is 0.0897. The van der Waals surface area contributed by atoms with E-state index in [4.69, 9.17) is 4.74 Å². The minimum atomic E-state index is -0.471. The Morgan fingerprint density at radius 2 is 2.23 bits per heavy atom. The average Bonchev–Trinajstić information content (AvgIpc) is 3.04. The zero-order chi connectivity index (χ0) is 15.7. The first-order chi connectivity index (χ1) is 10.4. The Labute approximate surface area is 130 Å². The lowest BCUT2D eigenvalue weighted by Crippen LogP contribution is -2.40. The number of aromatic nitrogens is 2. The van der Waals surface area contributed by atoms with Crippen LogP contribution in [0.5, 0.6) is 0 Å². The Balaban J connectivity index is 1.65. The van der Waals surface area contributed by atoms with Crippen LogP contribution in [0.1, 0.15) is 27.2 Å². The third kappa shape index (κ3) is 3.16. The standard InChI is InChI=1S/C16H22N4O2/c1-16(2,3)22-15(21)18-12-6-9-20(11-12)14-13-5-4-8-19(13)10-7-17-14/h4-5,7-8,10,12H,6,9,11H2,1-3H3,(H,18,21)/t12-/m0/s1. The maximum absolute atomic E-state index is 11.9. The number of nitrogens with zero attached hydrogens (tertiary/aromatic N) is 3. The molecular formula is C16H22N4O2. The minimum Gasteiger partial charge on any atom is -0.444 e. The number of carbonyl (C=O) groups excluding carboxylic acids is 1. The van der Waals surface area contributed by atoms with Crippen molar-refractivity contribution in [2.24, 2.45) is 0 Å². The molecule has 2 aromatic heterocycles. The molecule has 3 heterocycles. The quantitative estimate of drug-likeness (QED) is 0.925. The van der Waals surface area contributed by atoms with Crippen molar-refractivity contribution in [1.29, 1.82) is 0 Å². The van der Waals surface area contributed by atoms with Crippen molar-refractivity contribution in [2.45, 2.75) is 38.8 Å². The zero-order valence-corrected chi connectivity index (χ0v) is 13.2. The zero-order valence-electron chi connectivity index (χ0n) is 13.2. The number of nitrogens with one attached hydrogen (secondary N) is 1. The fourth-order valence-electron chi connectivity index (χ4n) is 2.74. The van der Waals surface area contributed by atoms with Crippen molar-refractivity contribution < 1.29 is 9.53 Å². The van der Waals surface area contributed by atoms with Crippen LogP contribution in [0.3, 0.4) is 0 Å². The van der Waals surface area contributed by atoms with Crippen LogP contribution in [-0.4, -0.2) is 40.2 Å². The van der Waals surface area contributed by atoms with Gasteiger partial charge in [0.1, 0.15) is 5.60 Å². The maximum Gasteiger partial charge on any atom is 0.407 e. The second kappa shape index (κ2) is 5.51. The predicted molar refractivity (Wildman–Crippen MR) is 85.2 cm³/mol. The molecule has 1 fully saturated rings. The van der Waals surface area contributed by atoms with E-state index in [2.05, 4.69) is 25.7 Å². The molecule has 3 rings (SSSR count). The van der Waals surface area contributed by atoms with Gasteiger partial charge < -0.3 is 19.4 Å². The number of alkyl carbamates (subject to hydrolysis) is 1. The largest absolute Gasteiger partial charge is 0.444 e. The summed E-state index contributed by atoms with van der Waals surface area (Å²) in [5.41, 5.74) is 0.613. The van der Waals surface area contributed by atoms with Crippen LogP contribution in [0.2, 0.25) is 0 Å². The Hall–Kier alpha value is -2.24. The summed E-state index contributed by atoms with van der Waals surface area (Å²) in [7, 11) is 0. The van der Waals surface area contributed by atoms with Crippen molar-refractivity contribution in [3.63, 3.8) is 0 Å². The first-order valence-corrected chi connectivity index (χ1v) is 7.58. The molecule has 0 saturated carbocycles. The van der Waals surface area contributed by atoms with Crippen molar-refractivity contribution in [3.8, 4) is 0 Å². The van der Waals surface area contributed by atoms with Gasteiger partial charge in [0.05, 0.1) is 11.6 Å². The number of amides is 1. The summed E-state index contributed by atoms with van der Waals surface area (Å²) < 4.78 is 7.36. The molecule has 1 aliphatic rings. The molecule has 22 heavy (non-hydrogen) atoms. The van der Waals surface area contributed by atoms with Gasteiger partial charge in [0.15, 0.2) is 5.82 Å². The summed E-state index contributed by atoms with van der Waals surface area (Å²) in [6.07, 6.45) is 6.28. The molecule has 0 radical (unpaired) electrons. The van der Waals surface area contributed by atoms with E-state index >= 15 is 0 Å². The molecule has 2 aromatic rings. The fraction of sp³-hybridized carbons (Fsp3) is 0.500. The lowest BCUT2D eigenvalue weighted by Gasteiger charge is -2.22. The Morgan fingerprint density at radius 3 is 3.00 bits per heavy atom. The molecule has 1 atom stereocenters. The summed E-state index contributed by atoms with van der Waals surface area (Å²) in [5.74, 6) is 0.959. The summed E-state index contributed by atoms with van der Waals surface area (Å²) >= 11 is 0. The smallest absolute Gasteiger partial charge is 0.407 e. The van der Waals surface area contributed by atoms with E-state index in [9.17, 15) is 4.79 Å². The van der Waals surface area contributed by atoms with Gasteiger partial charge >= 0.3 is 6.09 Å². The summed E-state index contributed by atoms with van der Waals surface area (Å²) in [4.78, 5) is 18.6. The highest BCUT2D eigenvalue weighted by atomic mass is 16.6. The van der Waals surface area contributed by atoms with E-state index in [0.29, 0.717) is 0 Å². The Kier molecular flexibility index (Phi) is 3.68. The maximum atomic E-state index is 11.9. The number of anilines is 1. The monoisotopic (exact) mass is 302 g/mol.